The maximum absolute atomic E-state index is 8.29. The highest BCUT2D eigenvalue weighted by Crippen LogP contribution is 1.93. The van der Waals surface area contributed by atoms with Gasteiger partial charge in [0.15, 0.2) is 0 Å². The second-order valence-corrected chi connectivity index (χ2v) is 2.22. The number of aryl methyl sites for hydroxylation is 1. The van der Waals surface area contributed by atoms with Gasteiger partial charge in [-0.15, -0.1) is 0 Å². The lowest BCUT2D eigenvalue weighted by atomic mass is 9.79. The predicted octanol–water partition coefficient (Wildman–Crippen LogP) is 0.0644. The molecule has 12 heavy (non-hydrogen) atoms. The van der Waals surface area contributed by atoms with Gasteiger partial charge in [-0.25, -0.2) is 0 Å². The van der Waals surface area contributed by atoms with Gasteiger partial charge in [0.1, 0.15) is 0 Å². The van der Waals surface area contributed by atoms with Crippen LogP contribution in [-0.4, -0.2) is 22.6 Å². The molecule has 0 bridgehead atoms. The van der Waals surface area contributed by atoms with Gasteiger partial charge in [-0.2, -0.15) is 0 Å². The van der Waals surface area contributed by atoms with Crippen molar-refractivity contribution in [3.8, 4) is 0 Å². The summed E-state index contributed by atoms with van der Waals surface area (Å²) in [5.74, 6) is 0. The topological polar surface area (TPSA) is 71.8 Å². The van der Waals surface area contributed by atoms with Crippen molar-refractivity contribution in [1.29, 1.82) is 0 Å². The SMILES string of the molecule is Cc1ncccc1B(OO)OO. The fraction of sp³-hybridized carbons (Fsp3) is 0.167. The summed E-state index contributed by atoms with van der Waals surface area (Å²) in [6.45, 7) is 1.71. The monoisotopic (exact) mass is 169 g/mol. The Bertz CT molecular complexity index is 253. The molecule has 0 spiro atoms. The van der Waals surface area contributed by atoms with E-state index in [2.05, 4.69) is 14.6 Å². The molecule has 0 saturated heterocycles. The molecule has 64 valence electrons. The lowest BCUT2D eigenvalue weighted by Gasteiger charge is -2.06. The van der Waals surface area contributed by atoms with Gasteiger partial charge in [-0.1, -0.05) is 6.07 Å². The third kappa shape index (κ3) is 1.80. The standard InChI is InChI=1S/C6H8BNO4/c1-5-6(3-2-4-8-5)7(11-9)12-10/h2-4,9-10H,1H3. The minimum Gasteiger partial charge on any atom is -0.264 e. The Hall–Kier alpha value is -0.945. The maximum Gasteiger partial charge on any atom is 0.555 e. The van der Waals surface area contributed by atoms with Crippen LogP contribution in [0.2, 0.25) is 0 Å². The minimum atomic E-state index is -1.20. The van der Waals surface area contributed by atoms with E-state index in [-0.39, 0.29) is 0 Å². The van der Waals surface area contributed by atoms with Crippen LogP contribution in [0, 0.1) is 6.92 Å². The van der Waals surface area contributed by atoms with Crippen LogP contribution >= 0.6 is 0 Å². The lowest BCUT2D eigenvalue weighted by Crippen LogP contribution is -2.37. The van der Waals surface area contributed by atoms with Crippen LogP contribution in [0.25, 0.3) is 0 Å². The van der Waals surface area contributed by atoms with Gasteiger partial charge in [0.25, 0.3) is 0 Å². The van der Waals surface area contributed by atoms with Crippen LogP contribution in [0.4, 0.5) is 0 Å². The van der Waals surface area contributed by atoms with Crippen LogP contribution in [0.1, 0.15) is 5.69 Å². The van der Waals surface area contributed by atoms with Gasteiger partial charge in [0.05, 0.1) is 0 Å². The molecule has 0 unspecified atom stereocenters. The Morgan fingerprint density at radius 1 is 1.42 bits per heavy atom. The third-order valence-electron chi connectivity index (χ3n) is 1.49. The highest BCUT2D eigenvalue weighted by atomic mass is 17.2. The molecule has 6 heteroatoms. The third-order valence-corrected chi connectivity index (χ3v) is 1.49. The highest BCUT2D eigenvalue weighted by Gasteiger charge is 2.24. The van der Waals surface area contributed by atoms with Gasteiger partial charge in [-0.3, -0.25) is 25.1 Å². The zero-order valence-electron chi connectivity index (χ0n) is 6.47. The van der Waals surface area contributed by atoms with Crippen molar-refractivity contribution in [2.24, 2.45) is 0 Å². The molecule has 0 radical (unpaired) electrons. The molecule has 0 aliphatic rings. The molecule has 0 aromatic carbocycles. The smallest absolute Gasteiger partial charge is 0.264 e. The zero-order valence-corrected chi connectivity index (χ0v) is 6.47. The van der Waals surface area contributed by atoms with Crippen LogP contribution in [-0.2, 0) is 9.61 Å². The van der Waals surface area contributed by atoms with E-state index >= 15 is 0 Å². The van der Waals surface area contributed by atoms with Crippen molar-refractivity contribution in [3.05, 3.63) is 24.0 Å². The molecule has 0 aliphatic carbocycles. The summed E-state index contributed by atoms with van der Waals surface area (Å²) >= 11 is 0. The van der Waals surface area contributed by atoms with E-state index in [0.29, 0.717) is 11.2 Å². The Balaban J connectivity index is 2.92. The summed E-state index contributed by atoms with van der Waals surface area (Å²) in [5.41, 5.74) is 1.09. The Kier molecular flexibility index (Phi) is 3.18. The molecule has 0 saturated carbocycles. The Morgan fingerprint density at radius 3 is 2.58 bits per heavy atom. The van der Waals surface area contributed by atoms with Crippen LogP contribution < -0.4 is 5.46 Å². The first kappa shape index (κ1) is 9.15. The summed E-state index contributed by atoms with van der Waals surface area (Å²) in [6.07, 6.45) is 1.59. The van der Waals surface area contributed by atoms with E-state index in [0.717, 1.165) is 0 Å². The van der Waals surface area contributed by atoms with Gasteiger partial charge in [-0.05, 0) is 13.0 Å². The molecule has 5 nitrogen and oxygen atoms in total. The summed E-state index contributed by atoms with van der Waals surface area (Å²) < 4.78 is 0. The number of hydrogen-bond acceptors (Lipinski definition) is 5. The van der Waals surface area contributed by atoms with Gasteiger partial charge in [0, 0.05) is 17.4 Å². The van der Waals surface area contributed by atoms with E-state index in [4.69, 9.17) is 10.5 Å². The second-order valence-electron chi connectivity index (χ2n) is 2.22. The molecule has 1 heterocycles. The predicted molar refractivity (Wildman–Crippen MR) is 41.8 cm³/mol. The molecule has 2 N–H and O–H groups in total. The Labute approximate surface area is 69.6 Å². The molecule has 1 aromatic rings. The van der Waals surface area contributed by atoms with Crippen LogP contribution in [0.3, 0.4) is 0 Å². The molecular weight excluding hydrogens is 161 g/mol. The number of pyridine rings is 1. The van der Waals surface area contributed by atoms with E-state index < -0.39 is 7.12 Å². The van der Waals surface area contributed by atoms with Crippen molar-refractivity contribution in [2.75, 3.05) is 0 Å². The zero-order chi connectivity index (χ0) is 8.97. The molecule has 0 atom stereocenters. The van der Waals surface area contributed by atoms with E-state index in [1.54, 1.807) is 25.3 Å². The van der Waals surface area contributed by atoms with Crippen molar-refractivity contribution < 1.29 is 20.1 Å². The first-order chi connectivity index (χ1) is 5.79. The summed E-state index contributed by atoms with van der Waals surface area (Å²) in [7, 11) is -1.20. The molecule has 0 aliphatic heterocycles. The normalized spacial score (nSPS) is 9.92. The van der Waals surface area contributed by atoms with Gasteiger partial charge < -0.3 is 0 Å². The summed E-state index contributed by atoms with van der Waals surface area (Å²) in [4.78, 5) is 11.6. The van der Waals surface area contributed by atoms with Gasteiger partial charge in [0.2, 0.25) is 0 Å². The van der Waals surface area contributed by atoms with Crippen LogP contribution in [0.15, 0.2) is 18.3 Å². The molecule has 1 rings (SSSR count). The highest BCUT2D eigenvalue weighted by molar-refractivity contribution is 6.61. The number of aromatic nitrogens is 1. The second kappa shape index (κ2) is 4.17. The number of rotatable bonds is 3. The first-order valence-electron chi connectivity index (χ1n) is 3.31. The number of hydrogen-bond donors (Lipinski definition) is 2. The molecule has 0 fully saturated rings. The van der Waals surface area contributed by atoms with Crippen molar-refractivity contribution in [3.63, 3.8) is 0 Å². The van der Waals surface area contributed by atoms with E-state index in [1.165, 1.54) is 0 Å². The number of nitrogens with zero attached hydrogens (tertiary/aromatic N) is 1. The molecular formula is C6H8BNO4. The van der Waals surface area contributed by atoms with Crippen molar-refractivity contribution >= 4 is 12.6 Å². The summed E-state index contributed by atoms with van der Waals surface area (Å²) in [6, 6.07) is 3.27. The maximum atomic E-state index is 8.29. The van der Waals surface area contributed by atoms with E-state index in [1.807, 2.05) is 0 Å². The van der Waals surface area contributed by atoms with Crippen molar-refractivity contribution in [1.82, 2.24) is 4.98 Å². The fourth-order valence-corrected chi connectivity index (χ4v) is 0.879. The van der Waals surface area contributed by atoms with Crippen molar-refractivity contribution in [2.45, 2.75) is 6.92 Å². The van der Waals surface area contributed by atoms with E-state index in [9.17, 15) is 0 Å². The van der Waals surface area contributed by atoms with Crippen LogP contribution in [0.5, 0.6) is 0 Å². The molecule has 0 amide bonds. The first-order valence-corrected chi connectivity index (χ1v) is 3.31. The minimum absolute atomic E-state index is 0.475. The lowest BCUT2D eigenvalue weighted by molar-refractivity contribution is -0.221. The quantitative estimate of drug-likeness (QED) is 0.380. The summed E-state index contributed by atoms with van der Waals surface area (Å²) in [5, 5.41) is 16.6. The average molecular weight is 169 g/mol. The fourth-order valence-electron chi connectivity index (χ4n) is 0.879. The average Bonchev–Trinajstić information content (AvgIpc) is 2.10. The molecule has 1 aromatic heterocycles. The Morgan fingerprint density at radius 2 is 2.08 bits per heavy atom. The largest absolute Gasteiger partial charge is 0.555 e. The van der Waals surface area contributed by atoms with Gasteiger partial charge >= 0.3 is 7.12 Å².